The first-order valence-corrected chi connectivity index (χ1v) is 8.97. The molecule has 1 aromatic carbocycles. The Balaban J connectivity index is 2.90. The molecule has 0 heterocycles. The minimum absolute atomic E-state index is 0.175. The fourth-order valence-electron chi connectivity index (χ4n) is 2.57. The number of ether oxygens (including phenoxy) is 2. The van der Waals surface area contributed by atoms with Gasteiger partial charge in [0.2, 0.25) is 0 Å². The third kappa shape index (κ3) is 7.17. The maximum atomic E-state index is 12.5. The molecule has 130 valence electrons. The summed E-state index contributed by atoms with van der Waals surface area (Å²) in [6.45, 7) is 6.82. The number of aryl methyl sites for hydroxylation is 2. The molecule has 0 aliphatic rings. The number of hydrogen-bond acceptors (Lipinski definition) is 3. The van der Waals surface area contributed by atoms with Gasteiger partial charge < -0.3 is 9.47 Å². The van der Waals surface area contributed by atoms with Crippen LogP contribution in [0.1, 0.15) is 74.4 Å². The average Bonchev–Trinajstić information content (AvgIpc) is 2.57. The van der Waals surface area contributed by atoms with Crippen LogP contribution in [0.3, 0.4) is 0 Å². The highest BCUT2D eigenvalue weighted by atomic mass is 16.6. The summed E-state index contributed by atoms with van der Waals surface area (Å²) in [5, 5.41) is 0. The second-order valence-electron chi connectivity index (χ2n) is 6.14. The molecule has 0 saturated carbocycles. The fourth-order valence-corrected chi connectivity index (χ4v) is 2.57. The molecule has 1 atom stereocenters. The zero-order valence-corrected chi connectivity index (χ0v) is 15.2. The van der Waals surface area contributed by atoms with Gasteiger partial charge in [0.05, 0.1) is 12.2 Å². The van der Waals surface area contributed by atoms with Crippen LogP contribution >= 0.6 is 0 Å². The minimum atomic E-state index is -0.231. The number of benzene rings is 1. The third-order valence-corrected chi connectivity index (χ3v) is 4.01. The second-order valence-corrected chi connectivity index (χ2v) is 6.14. The molecule has 0 aliphatic heterocycles. The van der Waals surface area contributed by atoms with Crippen LogP contribution in [0.4, 0.5) is 0 Å². The average molecular weight is 320 g/mol. The van der Waals surface area contributed by atoms with Crippen molar-refractivity contribution in [1.29, 1.82) is 0 Å². The summed E-state index contributed by atoms with van der Waals surface area (Å²) < 4.78 is 10.7. The van der Waals surface area contributed by atoms with Crippen LogP contribution in [-0.4, -0.2) is 25.8 Å². The van der Waals surface area contributed by atoms with Crippen LogP contribution in [-0.2, 0) is 22.3 Å². The molecule has 0 saturated heterocycles. The molecule has 0 amide bonds. The Hall–Kier alpha value is -1.35. The molecule has 1 unspecified atom stereocenters. The Morgan fingerprint density at radius 3 is 2.00 bits per heavy atom. The van der Waals surface area contributed by atoms with E-state index in [1.807, 2.05) is 19.1 Å². The highest BCUT2D eigenvalue weighted by molar-refractivity contribution is 5.90. The predicted octanol–water partition coefficient (Wildman–Crippen LogP) is 4.95. The summed E-state index contributed by atoms with van der Waals surface area (Å²) in [6.07, 6.45) is 7.23. The normalized spacial score (nSPS) is 12.2. The quantitative estimate of drug-likeness (QED) is 0.541. The van der Waals surface area contributed by atoms with Gasteiger partial charge in [0, 0.05) is 7.11 Å². The van der Waals surface area contributed by atoms with Crippen molar-refractivity contribution in [1.82, 2.24) is 0 Å². The molecule has 1 aromatic rings. The number of unbranched alkanes of at least 4 members (excludes halogenated alkanes) is 2. The molecule has 0 fully saturated rings. The molecule has 0 spiro atoms. The van der Waals surface area contributed by atoms with Crippen molar-refractivity contribution >= 4 is 5.97 Å². The van der Waals surface area contributed by atoms with E-state index in [1.165, 1.54) is 11.1 Å². The lowest BCUT2D eigenvalue weighted by Crippen LogP contribution is -2.22. The fraction of sp³-hybridized carbons (Fsp3) is 0.650. The van der Waals surface area contributed by atoms with Crippen molar-refractivity contribution in [2.75, 3.05) is 13.7 Å². The van der Waals surface area contributed by atoms with Gasteiger partial charge in [-0.3, -0.25) is 0 Å². The Morgan fingerprint density at radius 1 is 1.00 bits per heavy atom. The van der Waals surface area contributed by atoms with Gasteiger partial charge in [-0.05, 0) is 55.4 Å². The minimum Gasteiger partial charge on any atom is -0.456 e. The number of carbonyl (C=O) groups is 1. The van der Waals surface area contributed by atoms with E-state index in [0.29, 0.717) is 12.2 Å². The SMILES string of the molecule is CCCCc1cc(CCCC)cc(C(=O)OC(CC)COC)c1. The predicted molar refractivity (Wildman–Crippen MR) is 95.0 cm³/mol. The number of rotatable bonds is 11. The largest absolute Gasteiger partial charge is 0.456 e. The molecule has 23 heavy (non-hydrogen) atoms. The lowest BCUT2D eigenvalue weighted by molar-refractivity contribution is 0.00473. The van der Waals surface area contributed by atoms with Gasteiger partial charge in [0.15, 0.2) is 0 Å². The standard InChI is InChI=1S/C20H32O3/c1-5-8-10-16-12-17(11-9-6-2)14-18(13-16)20(21)23-19(7-3)15-22-4/h12-14,19H,5-11,15H2,1-4H3. The Morgan fingerprint density at radius 2 is 1.57 bits per heavy atom. The van der Waals surface area contributed by atoms with E-state index in [-0.39, 0.29) is 12.1 Å². The van der Waals surface area contributed by atoms with Crippen molar-refractivity contribution in [2.24, 2.45) is 0 Å². The molecule has 1 rings (SSSR count). The lowest BCUT2D eigenvalue weighted by Gasteiger charge is -2.16. The first-order valence-electron chi connectivity index (χ1n) is 8.97. The number of carbonyl (C=O) groups excluding carboxylic acids is 1. The van der Waals surface area contributed by atoms with E-state index in [9.17, 15) is 4.79 Å². The second kappa shape index (κ2) is 11.2. The molecular weight excluding hydrogens is 288 g/mol. The molecule has 3 nitrogen and oxygen atoms in total. The Bertz CT molecular complexity index is 442. The van der Waals surface area contributed by atoms with Gasteiger partial charge in [-0.15, -0.1) is 0 Å². The summed E-state index contributed by atoms with van der Waals surface area (Å²) in [5.74, 6) is -0.231. The number of esters is 1. The Kier molecular flexibility index (Phi) is 9.61. The molecule has 0 aromatic heterocycles. The highest BCUT2D eigenvalue weighted by Crippen LogP contribution is 2.17. The van der Waals surface area contributed by atoms with Gasteiger partial charge in [-0.1, -0.05) is 39.7 Å². The van der Waals surface area contributed by atoms with Crippen molar-refractivity contribution in [3.05, 3.63) is 34.9 Å². The summed E-state index contributed by atoms with van der Waals surface area (Å²) >= 11 is 0. The van der Waals surface area contributed by atoms with E-state index in [2.05, 4.69) is 19.9 Å². The monoisotopic (exact) mass is 320 g/mol. The molecule has 0 bridgehead atoms. The Labute approximate surface area is 141 Å². The zero-order chi connectivity index (χ0) is 17.1. The zero-order valence-electron chi connectivity index (χ0n) is 15.2. The van der Waals surface area contributed by atoms with Gasteiger partial charge in [0.25, 0.3) is 0 Å². The third-order valence-electron chi connectivity index (χ3n) is 4.01. The first kappa shape index (κ1) is 19.7. The summed E-state index contributed by atoms with van der Waals surface area (Å²) in [5.41, 5.74) is 3.17. The molecule has 0 radical (unpaired) electrons. The highest BCUT2D eigenvalue weighted by Gasteiger charge is 2.15. The van der Waals surface area contributed by atoms with Crippen molar-refractivity contribution in [2.45, 2.75) is 71.8 Å². The molecular formula is C20H32O3. The van der Waals surface area contributed by atoms with Crippen LogP contribution in [0.15, 0.2) is 18.2 Å². The number of methoxy groups -OCH3 is 1. The van der Waals surface area contributed by atoms with Gasteiger partial charge in [-0.2, -0.15) is 0 Å². The van der Waals surface area contributed by atoms with Crippen molar-refractivity contribution in [3.63, 3.8) is 0 Å². The smallest absolute Gasteiger partial charge is 0.338 e. The molecule has 0 aliphatic carbocycles. The van der Waals surface area contributed by atoms with Gasteiger partial charge in [-0.25, -0.2) is 4.79 Å². The summed E-state index contributed by atoms with van der Waals surface area (Å²) in [7, 11) is 1.63. The number of hydrogen-bond donors (Lipinski definition) is 0. The van der Waals surface area contributed by atoms with Crippen molar-refractivity contribution in [3.8, 4) is 0 Å². The topological polar surface area (TPSA) is 35.5 Å². The molecule has 0 N–H and O–H groups in total. The van der Waals surface area contributed by atoms with Crippen molar-refractivity contribution < 1.29 is 14.3 Å². The van der Waals surface area contributed by atoms with E-state index < -0.39 is 0 Å². The summed E-state index contributed by atoms with van der Waals surface area (Å²) in [6, 6.07) is 6.23. The maximum absolute atomic E-state index is 12.5. The van der Waals surface area contributed by atoms with Crippen LogP contribution < -0.4 is 0 Å². The van der Waals surface area contributed by atoms with Gasteiger partial charge in [0.1, 0.15) is 6.10 Å². The summed E-state index contributed by atoms with van der Waals surface area (Å²) in [4.78, 5) is 12.5. The maximum Gasteiger partial charge on any atom is 0.338 e. The van der Waals surface area contributed by atoms with Crippen LogP contribution in [0.5, 0.6) is 0 Å². The molecule has 3 heteroatoms. The van der Waals surface area contributed by atoms with E-state index in [0.717, 1.165) is 44.9 Å². The van der Waals surface area contributed by atoms with Gasteiger partial charge >= 0.3 is 5.97 Å². The van der Waals surface area contributed by atoms with E-state index in [4.69, 9.17) is 9.47 Å². The first-order chi connectivity index (χ1) is 11.1. The van der Waals surface area contributed by atoms with Crippen LogP contribution in [0.25, 0.3) is 0 Å². The van der Waals surface area contributed by atoms with Crippen LogP contribution in [0.2, 0.25) is 0 Å². The van der Waals surface area contributed by atoms with E-state index >= 15 is 0 Å². The lowest BCUT2D eigenvalue weighted by atomic mass is 9.98. The van der Waals surface area contributed by atoms with Crippen LogP contribution in [0, 0.1) is 0 Å². The van der Waals surface area contributed by atoms with E-state index in [1.54, 1.807) is 7.11 Å².